The van der Waals surface area contributed by atoms with Crippen LogP contribution in [0, 0.1) is 5.92 Å². The van der Waals surface area contributed by atoms with Crippen LogP contribution < -0.4 is 10.5 Å². The first kappa shape index (κ1) is 21.6. The molecular formula is C23H31F2N5O2. The smallest absolute Gasteiger partial charge is 0.387 e. The molecule has 5 rings (SSSR count). The summed E-state index contributed by atoms with van der Waals surface area (Å²) in [6.07, 6.45) is 8.79. The largest absolute Gasteiger partial charge is 0.431 e. The van der Waals surface area contributed by atoms with Crippen molar-refractivity contribution in [3.8, 4) is 17.0 Å². The van der Waals surface area contributed by atoms with Gasteiger partial charge in [0.15, 0.2) is 11.6 Å². The maximum absolute atomic E-state index is 12.7. The molecule has 2 aliphatic carbocycles. The summed E-state index contributed by atoms with van der Waals surface area (Å²) in [5, 5.41) is 4.89. The minimum Gasteiger partial charge on any atom is -0.431 e. The number of pyridine rings is 1. The molecule has 0 radical (unpaired) electrons. The lowest BCUT2D eigenvalue weighted by molar-refractivity contribution is -0.0494. The Morgan fingerprint density at radius 2 is 1.97 bits per heavy atom. The Kier molecular flexibility index (Phi) is 6.28. The van der Waals surface area contributed by atoms with E-state index in [1.807, 2.05) is 0 Å². The average Bonchev–Trinajstić information content (AvgIpc) is 3.40. The maximum atomic E-state index is 12.7. The third-order valence-electron chi connectivity index (χ3n) is 7.25. The molecule has 2 saturated carbocycles. The Morgan fingerprint density at radius 3 is 2.69 bits per heavy atom. The SMILES string of the molecule is Nc1ncc(-c2cc(C3CC[C@@H](N4CCOCC4)C3)n(CC3CCC3)n2)cc1OC(F)F. The first-order valence-electron chi connectivity index (χ1n) is 11.7. The highest BCUT2D eigenvalue weighted by molar-refractivity contribution is 5.64. The topological polar surface area (TPSA) is 78.4 Å². The lowest BCUT2D eigenvalue weighted by Gasteiger charge is -2.32. The standard InChI is InChI=1S/C23H31F2N5O2/c24-23(25)32-21-11-17(13-27-22(21)26)19-12-20(30(28-19)14-15-2-1-3-15)16-4-5-18(10-16)29-6-8-31-9-7-29/h11-13,15-16,18,23H,1-10,14H2,(H2,26,27)/t16?,18-/m1/s1. The van der Waals surface area contributed by atoms with Crippen LogP contribution in [0.4, 0.5) is 14.6 Å². The van der Waals surface area contributed by atoms with Gasteiger partial charge in [-0.05, 0) is 50.2 Å². The number of nitrogen functional groups attached to an aromatic ring is 1. The van der Waals surface area contributed by atoms with Crippen molar-refractivity contribution in [2.75, 3.05) is 32.0 Å². The van der Waals surface area contributed by atoms with Crippen molar-refractivity contribution in [3.63, 3.8) is 0 Å². The van der Waals surface area contributed by atoms with E-state index in [1.54, 1.807) is 6.20 Å². The number of alkyl halides is 2. The number of aromatic nitrogens is 3. The number of hydrogen-bond donors (Lipinski definition) is 1. The van der Waals surface area contributed by atoms with Crippen molar-refractivity contribution in [2.24, 2.45) is 5.92 Å². The van der Waals surface area contributed by atoms with E-state index >= 15 is 0 Å². The van der Waals surface area contributed by atoms with Gasteiger partial charge < -0.3 is 15.2 Å². The molecular weight excluding hydrogens is 416 g/mol. The van der Waals surface area contributed by atoms with Crippen molar-refractivity contribution >= 4 is 5.82 Å². The van der Waals surface area contributed by atoms with Crippen molar-refractivity contribution in [1.82, 2.24) is 19.7 Å². The van der Waals surface area contributed by atoms with Crippen molar-refractivity contribution in [1.29, 1.82) is 0 Å². The highest BCUT2D eigenvalue weighted by Gasteiger charge is 2.33. The fourth-order valence-electron chi connectivity index (χ4n) is 5.25. The van der Waals surface area contributed by atoms with Crippen LogP contribution in [-0.4, -0.2) is 58.6 Å². The number of nitrogens with two attached hydrogens (primary N) is 1. The van der Waals surface area contributed by atoms with E-state index < -0.39 is 6.61 Å². The normalized spacial score (nSPS) is 24.7. The van der Waals surface area contributed by atoms with E-state index in [1.165, 1.54) is 37.4 Å². The number of morpholine rings is 1. The number of halogens is 2. The second-order valence-corrected chi connectivity index (χ2v) is 9.23. The summed E-state index contributed by atoms with van der Waals surface area (Å²) in [6.45, 7) is 1.62. The Labute approximate surface area is 186 Å². The molecule has 174 valence electrons. The van der Waals surface area contributed by atoms with Crippen LogP contribution in [0.5, 0.6) is 5.75 Å². The lowest BCUT2D eigenvalue weighted by atomic mass is 9.85. The van der Waals surface area contributed by atoms with Gasteiger partial charge in [-0.1, -0.05) is 6.42 Å². The van der Waals surface area contributed by atoms with Crippen molar-refractivity contribution in [3.05, 3.63) is 24.0 Å². The van der Waals surface area contributed by atoms with Crippen molar-refractivity contribution in [2.45, 2.75) is 63.6 Å². The average molecular weight is 448 g/mol. The van der Waals surface area contributed by atoms with Crippen LogP contribution in [0.15, 0.2) is 18.3 Å². The zero-order valence-corrected chi connectivity index (χ0v) is 18.3. The van der Waals surface area contributed by atoms with E-state index in [-0.39, 0.29) is 11.6 Å². The van der Waals surface area contributed by atoms with Gasteiger partial charge in [-0.15, -0.1) is 0 Å². The Morgan fingerprint density at radius 1 is 1.16 bits per heavy atom. The highest BCUT2D eigenvalue weighted by atomic mass is 19.3. The van der Waals surface area contributed by atoms with E-state index in [4.69, 9.17) is 15.6 Å². The van der Waals surface area contributed by atoms with Crippen molar-refractivity contribution < 1.29 is 18.3 Å². The molecule has 9 heteroatoms. The van der Waals surface area contributed by atoms with Gasteiger partial charge in [-0.2, -0.15) is 13.9 Å². The zero-order valence-electron chi connectivity index (χ0n) is 18.3. The second-order valence-electron chi connectivity index (χ2n) is 9.23. The van der Waals surface area contributed by atoms with Gasteiger partial charge in [0.2, 0.25) is 0 Å². The van der Waals surface area contributed by atoms with Gasteiger partial charge in [-0.3, -0.25) is 9.58 Å². The first-order valence-corrected chi connectivity index (χ1v) is 11.7. The Bertz CT molecular complexity index is 927. The summed E-state index contributed by atoms with van der Waals surface area (Å²) in [5.74, 6) is 0.955. The first-order chi connectivity index (χ1) is 15.6. The van der Waals surface area contributed by atoms with Gasteiger partial charge in [0.05, 0.1) is 18.9 Å². The lowest BCUT2D eigenvalue weighted by Crippen LogP contribution is -2.42. The molecule has 2 atom stereocenters. The van der Waals surface area contributed by atoms with Gasteiger partial charge in [0, 0.05) is 49.0 Å². The molecule has 1 aliphatic heterocycles. The molecule has 0 bridgehead atoms. The molecule has 7 nitrogen and oxygen atoms in total. The second kappa shape index (κ2) is 9.31. The van der Waals surface area contributed by atoms with Gasteiger partial charge in [0.25, 0.3) is 0 Å². The fourth-order valence-corrected chi connectivity index (χ4v) is 5.25. The Balaban J connectivity index is 1.40. The molecule has 1 unspecified atom stereocenters. The molecule has 0 aromatic carbocycles. The van der Waals surface area contributed by atoms with Gasteiger partial charge in [0.1, 0.15) is 0 Å². The highest BCUT2D eigenvalue weighted by Crippen LogP contribution is 2.40. The minimum atomic E-state index is -2.95. The molecule has 0 amide bonds. The molecule has 32 heavy (non-hydrogen) atoms. The van der Waals surface area contributed by atoms with E-state index in [2.05, 4.69) is 25.4 Å². The molecule has 1 saturated heterocycles. The number of hydrogen-bond acceptors (Lipinski definition) is 6. The fraction of sp³-hybridized carbons (Fsp3) is 0.652. The molecule has 3 aliphatic rings. The number of rotatable bonds is 7. The van der Waals surface area contributed by atoms with Crippen LogP contribution in [0.1, 0.15) is 50.1 Å². The summed E-state index contributed by atoms with van der Waals surface area (Å²) in [4.78, 5) is 6.62. The van der Waals surface area contributed by atoms with Gasteiger partial charge >= 0.3 is 6.61 Å². The van der Waals surface area contributed by atoms with Crippen LogP contribution in [0.25, 0.3) is 11.3 Å². The predicted molar refractivity (Wildman–Crippen MR) is 117 cm³/mol. The van der Waals surface area contributed by atoms with E-state index in [0.29, 0.717) is 23.4 Å². The molecule has 2 aromatic rings. The zero-order chi connectivity index (χ0) is 22.1. The predicted octanol–water partition coefficient (Wildman–Crippen LogP) is 3.90. The van der Waals surface area contributed by atoms with E-state index in [9.17, 15) is 8.78 Å². The summed E-state index contributed by atoms with van der Waals surface area (Å²) >= 11 is 0. The maximum Gasteiger partial charge on any atom is 0.387 e. The summed E-state index contributed by atoms with van der Waals surface area (Å²) in [6, 6.07) is 4.22. The molecule has 3 fully saturated rings. The summed E-state index contributed by atoms with van der Waals surface area (Å²) in [7, 11) is 0. The minimum absolute atomic E-state index is 0.0488. The van der Waals surface area contributed by atoms with Crippen LogP contribution in [0.3, 0.4) is 0 Å². The van der Waals surface area contributed by atoms with Crippen LogP contribution in [0.2, 0.25) is 0 Å². The Hall–Kier alpha value is -2.26. The third kappa shape index (κ3) is 4.59. The quantitative estimate of drug-likeness (QED) is 0.694. The number of nitrogens with zero attached hydrogens (tertiary/aromatic N) is 4. The number of ether oxygens (including phenoxy) is 2. The molecule has 2 N–H and O–H groups in total. The van der Waals surface area contributed by atoms with E-state index in [0.717, 1.165) is 51.4 Å². The van der Waals surface area contributed by atoms with Crippen LogP contribution >= 0.6 is 0 Å². The monoisotopic (exact) mass is 447 g/mol. The third-order valence-corrected chi connectivity index (χ3v) is 7.25. The number of anilines is 1. The molecule has 3 heterocycles. The summed E-state index contributed by atoms with van der Waals surface area (Å²) in [5.41, 5.74) is 8.35. The van der Waals surface area contributed by atoms with Gasteiger partial charge in [-0.25, -0.2) is 4.98 Å². The molecule has 0 spiro atoms. The molecule has 2 aromatic heterocycles. The summed E-state index contributed by atoms with van der Waals surface area (Å²) < 4.78 is 37.7. The van der Waals surface area contributed by atoms with Crippen LogP contribution in [-0.2, 0) is 11.3 Å².